The molecule has 0 atom stereocenters. The number of anilines is 1. The van der Waals surface area contributed by atoms with Crippen molar-refractivity contribution < 1.29 is 9.90 Å². The van der Waals surface area contributed by atoms with Crippen LogP contribution in [0, 0.1) is 0 Å². The van der Waals surface area contributed by atoms with Gasteiger partial charge in [-0.3, -0.25) is 9.36 Å². The highest BCUT2D eigenvalue weighted by Crippen LogP contribution is 1.96. The minimum absolute atomic E-state index is 0.150. The molecule has 1 amide bonds. The van der Waals surface area contributed by atoms with Crippen LogP contribution < -0.4 is 11.0 Å². The topological polar surface area (TPSA) is 84.2 Å². The molecule has 0 aliphatic carbocycles. The number of nitrogens with one attached hydrogen (secondary N) is 1. The van der Waals surface area contributed by atoms with Gasteiger partial charge in [-0.05, 0) is 12.1 Å². The van der Waals surface area contributed by atoms with E-state index in [4.69, 9.17) is 5.11 Å². The first-order chi connectivity index (χ1) is 7.63. The normalized spacial score (nSPS) is 9.12. The molecule has 1 aromatic heterocycles. The minimum atomic E-state index is -0.537. The number of aliphatic hydroxyl groups excluding tert-OH is 1. The molecule has 0 spiro atoms. The third kappa shape index (κ3) is 3.53. The number of rotatable bonds is 3. The molecular formula is C10H11N3O3. The Morgan fingerprint density at radius 1 is 1.75 bits per heavy atom. The van der Waals surface area contributed by atoms with Gasteiger partial charge >= 0.3 is 5.69 Å². The lowest BCUT2D eigenvalue weighted by atomic mass is 10.5. The molecule has 0 radical (unpaired) electrons. The maximum Gasteiger partial charge on any atom is 0.354 e. The van der Waals surface area contributed by atoms with E-state index in [1.165, 1.54) is 36.0 Å². The molecule has 0 aromatic carbocycles. The van der Waals surface area contributed by atoms with Gasteiger partial charge < -0.3 is 10.4 Å². The van der Waals surface area contributed by atoms with Crippen LogP contribution in [-0.4, -0.2) is 27.2 Å². The van der Waals surface area contributed by atoms with Crippen molar-refractivity contribution in [2.75, 3.05) is 11.9 Å². The quantitative estimate of drug-likeness (QED) is 0.693. The summed E-state index contributed by atoms with van der Waals surface area (Å²) in [4.78, 5) is 25.7. The zero-order valence-electron chi connectivity index (χ0n) is 8.67. The van der Waals surface area contributed by atoms with Gasteiger partial charge in [0.05, 0.1) is 12.8 Å². The molecule has 1 heterocycles. The standard InChI is InChI=1S/C10H11N3O3/c1-8(15)11-9-4-6-13(10(16)12-9)5-2-3-7-14/h3-6,14H,7H2,1H3,(H,11,12,15,16). The summed E-state index contributed by atoms with van der Waals surface area (Å²) in [5.41, 5.74) is 2.05. The zero-order valence-corrected chi connectivity index (χ0v) is 8.67. The number of hydrogen-bond acceptors (Lipinski definition) is 4. The summed E-state index contributed by atoms with van der Waals surface area (Å²) in [6, 6.07) is 1.49. The highest BCUT2D eigenvalue weighted by atomic mass is 16.2. The van der Waals surface area contributed by atoms with Gasteiger partial charge in [0.25, 0.3) is 0 Å². The molecule has 0 saturated carbocycles. The maximum absolute atomic E-state index is 11.4. The Hall–Kier alpha value is -2.17. The van der Waals surface area contributed by atoms with E-state index in [2.05, 4.69) is 16.0 Å². The van der Waals surface area contributed by atoms with Crippen LogP contribution in [0.15, 0.2) is 28.9 Å². The van der Waals surface area contributed by atoms with Crippen LogP contribution in [-0.2, 0) is 4.79 Å². The van der Waals surface area contributed by atoms with Gasteiger partial charge in [-0.15, -0.1) is 5.73 Å². The Balaban J connectivity index is 2.96. The lowest BCUT2D eigenvalue weighted by Gasteiger charge is -2.00. The second-order valence-corrected chi connectivity index (χ2v) is 2.87. The fraction of sp³-hybridized carbons (Fsp3) is 0.200. The average molecular weight is 221 g/mol. The number of aromatic nitrogens is 2. The third-order valence-corrected chi connectivity index (χ3v) is 1.56. The van der Waals surface area contributed by atoms with Crippen molar-refractivity contribution in [3.8, 4) is 0 Å². The van der Waals surface area contributed by atoms with Gasteiger partial charge in [0.15, 0.2) is 0 Å². The van der Waals surface area contributed by atoms with Crippen LogP contribution in [0.2, 0.25) is 0 Å². The number of carbonyl (C=O) groups excluding carboxylic acids is 1. The first-order valence-corrected chi connectivity index (χ1v) is 4.52. The van der Waals surface area contributed by atoms with E-state index < -0.39 is 5.69 Å². The highest BCUT2D eigenvalue weighted by molar-refractivity contribution is 5.87. The highest BCUT2D eigenvalue weighted by Gasteiger charge is 1.98. The van der Waals surface area contributed by atoms with Gasteiger partial charge in [-0.1, -0.05) is 0 Å². The summed E-state index contributed by atoms with van der Waals surface area (Å²) < 4.78 is 1.18. The summed E-state index contributed by atoms with van der Waals surface area (Å²) in [6.07, 6.45) is 4.14. The molecule has 16 heavy (non-hydrogen) atoms. The van der Waals surface area contributed by atoms with Crippen molar-refractivity contribution in [1.82, 2.24) is 9.55 Å². The van der Waals surface area contributed by atoms with Crippen LogP contribution in [0.3, 0.4) is 0 Å². The van der Waals surface area contributed by atoms with E-state index in [0.717, 1.165) is 0 Å². The average Bonchev–Trinajstić information content (AvgIpc) is 2.20. The number of aliphatic hydroxyl groups is 1. The lowest BCUT2D eigenvalue weighted by molar-refractivity contribution is -0.114. The van der Waals surface area contributed by atoms with Crippen molar-refractivity contribution in [1.29, 1.82) is 0 Å². The van der Waals surface area contributed by atoms with E-state index >= 15 is 0 Å². The Kier molecular flexibility index (Phi) is 4.20. The Bertz CT molecular complexity index is 498. The molecule has 1 aromatic rings. The van der Waals surface area contributed by atoms with Gasteiger partial charge in [0.2, 0.25) is 5.91 Å². The fourth-order valence-electron chi connectivity index (χ4n) is 0.947. The number of hydrogen-bond donors (Lipinski definition) is 2. The predicted molar refractivity (Wildman–Crippen MR) is 58.7 cm³/mol. The summed E-state index contributed by atoms with van der Waals surface area (Å²) in [5, 5.41) is 10.9. The lowest BCUT2D eigenvalue weighted by Crippen LogP contribution is -2.20. The Labute approximate surface area is 91.6 Å². The summed E-state index contributed by atoms with van der Waals surface area (Å²) in [5.74, 6) is -0.0892. The van der Waals surface area contributed by atoms with Gasteiger partial charge in [0.1, 0.15) is 5.82 Å². The van der Waals surface area contributed by atoms with Crippen LogP contribution in [0.5, 0.6) is 0 Å². The Morgan fingerprint density at radius 3 is 3.06 bits per heavy atom. The van der Waals surface area contributed by atoms with Crippen molar-refractivity contribution >= 4 is 17.9 Å². The van der Waals surface area contributed by atoms with Crippen molar-refractivity contribution in [3.63, 3.8) is 0 Å². The summed E-state index contributed by atoms with van der Waals surface area (Å²) in [6.45, 7) is 1.18. The molecule has 0 saturated heterocycles. The SMILES string of the molecule is CC(=O)Nc1ccn(C=C=CCO)c(=O)n1. The van der Waals surface area contributed by atoms with Gasteiger partial charge in [-0.25, -0.2) is 4.79 Å². The second-order valence-electron chi connectivity index (χ2n) is 2.87. The van der Waals surface area contributed by atoms with Crippen molar-refractivity contribution in [2.24, 2.45) is 0 Å². The first-order valence-electron chi connectivity index (χ1n) is 4.52. The number of amides is 1. The molecule has 0 aliphatic heterocycles. The smallest absolute Gasteiger partial charge is 0.354 e. The van der Waals surface area contributed by atoms with E-state index in [1.54, 1.807) is 0 Å². The number of carbonyl (C=O) groups is 1. The van der Waals surface area contributed by atoms with E-state index in [0.29, 0.717) is 0 Å². The molecular weight excluding hydrogens is 210 g/mol. The van der Waals surface area contributed by atoms with Gasteiger partial charge in [-0.2, -0.15) is 4.98 Å². The number of nitrogens with zero attached hydrogens (tertiary/aromatic N) is 2. The second kappa shape index (κ2) is 5.65. The molecule has 84 valence electrons. The molecule has 6 heteroatoms. The van der Waals surface area contributed by atoms with Gasteiger partial charge in [0, 0.05) is 13.1 Å². The van der Waals surface area contributed by atoms with Crippen LogP contribution >= 0.6 is 0 Å². The maximum atomic E-state index is 11.4. The molecule has 6 nitrogen and oxygen atoms in total. The molecule has 0 unspecified atom stereocenters. The van der Waals surface area contributed by atoms with Crippen LogP contribution in [0.4, 0.5) is 5.82 Å². The van der Waals surface area contributed by atoms with E-state index in [1.807, 2.05) is 0 Å². The molecule has 0 fully saturated rings. The first kappa shape index (κ1) is 11.9. The van der Waals surface area contributed by atoms with E-state index in [-0.39, 0.29) is 18.3 Å². The van der Waals surface area contributed by atoms with Crippen molar-refractivity contribution in [3.05, 3.63) is 34.6 Å². The summed E-state index contributed by atoms with van der Waals surface area (Å²) >= 11 is 0. The zero-order chi connectivity index (χ0) is 12.0. The van der Waals surface area contributed by atoms with Crippen LogP contribution in [0.25, 0.3) is 6.20 Å². The fourth-order valence-corrected chi connectivity index (χ4v) is 0.947. The van der Waals surface area contributed by atoms with Crippen molar-refractivity contribution in [2.45, 2.75) is 6.92 Å². The minimum Gasteiger partial charge on any atom is -0.392 e. The molecule has 2 N–H and O–H groups in total. The Morgan fingerprint density at radius 2 is 2.50 bits per heavy atom. The monoisotopic (exact) mass is 221 g/mol. The largest absolute Gasteiger partial charge is 0.392 e. The molecule has 1 rings (SSSR count). The van der Waals surface area contributed by atoms with Crippen LogP contribution in [0.1, 0.15) is 6.92 Å². The molecule has 0 aliphatic rings. The third-order valence-electron chi connectivity index (χ3n) is 1.56. The van der Waals surface area contributed by atoms with E-state index in [9.17, 15) is 9.59 Å². The predicted octanol–water partition coefficient (Wildman–Crippen LogP) is -0.180. The molecule has 0 bridgehead atoms. The summed E-state index contributed by atoms with van der Waals surface area (Å²) in [7, 11) is 0.